The van der Waals surface area contributed by atoms with Crippen LogP contribution in [0.25, 0.3) is 0 Å². The normalized spacial score (nSPS) is 25.6. The third-order valence-electron chi connectivity index (χ3n) is 5.37. The lowest BCUT2D eigenvalue weighted by Crippen LogP contribution is -2.44. The number of likely N-dealkylation sites (tertiary alicyclic amines) is 1. The monoisotopic (exact) mass is 304 g/mol. The molecular formula is C18H28N2O2. The topological polar surface area (TPSA) is 33.7 Å². The molecule has 0 radical (unpaired) electrons. The van der Waals surface area contributed by atoms with E-state index in [-0.39, 0.29) is 0 Å². The van der Waals surface area contributed by atoms with Gasteiger partial charge in [0.25, 0.3) is 0 Å². The van der Waals surface area contributed by atoms with E-state index in [4.69, 9.17) is 9.47 Å². The van der Waals surface area contributed by atoms with Crippen molar-refractivity contribution < 1.29 is 9.47 Å². The summed E-state index contributed by atoms with van der Waals surface area (Å²) in [6, 6.07) is 6.25. The van der Waals surface area contributed by atoms with Gasteiger partial charge in [0.05, 0.1) is 6.61 Å². The zero-order valence-electron chi connectivity index (χ0n) is 14.2. The maximum atomic E-state index is 5.82. The lowest BCUT2D eigenvalue weighted by Gasteiger charge is -2.34. The Morgan fingerprint density at radius 1 is 1.27 bits per heavy atom. The van der Waals surface area contributed by atoms with Crippen LogP contribution in [0.4, 0.5) is 0 Å². The SMILES string of the molecule is COCCOc1ccc([C@H](C)N2CC3CC2CN3)c(C)c1C. The van der Waals surface area contributed by atoms with E-state index in [9.17, 15) is 0 Å². The van der Waals surface area contributed by atoms with E-state index in [1.54, 1.807) is 7.11 Å². The van der Waals surface area contributed by atoms with E-state index < -0.39 is 0 Å². The first-order valence-electron chi connectivity index (χ1n) is 8.32. The van der Waals surface area contributed by atoms with Crippen LogP contribution in [-0.4, -0.2) is 50.4 Å². The van der Waals surface area contributed by atoms with Crippen molar-refractivity contribution in [2.45, 2.75) is 45.3 Å². The van der Waals surface area contributed by atoms with Crippen LogP contribution in [0.3, 0.4) is 0 Å². The summed E-state index contributed by atoms with van der Waals surface area (Å²) in [6.45, 7) is 10.3. The predicted octanol–water partition coefficient (Wildman–Crippen LogP) is 2.44. The Labute approximate surface area is 133 Å². The summed E-state index contributed by atoms with van der Waals surface area (Å²) in [7, 11) is 1.70. The van der Waals surface area contributed by atoms with Gasteiger partial charge in [-0.1, -0.05) is 6.07 Å². The average Bonchev–Trinajstić information content (AvgIpc) is 3.14. The van der Waals surface area contributed by atoms with E-state index >= 15 is 0 Å². The molecule has 22 heavy (non-hydrogen) atoms. The second-order valence-electron chi connectivity index (χ2n) is 6.61. The molecule has 4 nitrogen and oxygen atoms in total. The highest BCUT2D eigenvalue weighted by Crippen LogP contribution is 2.36. The number of benzene rings is 1. The summed E-state index contributed by atoms with van der Waals surface area (Å²) in [6.07, 6.45) is 1.31. The van der Waals surface area contributed by atoms with E-state index in [2.05, 4.69) is 43.1 Å². The van der Waals surface area contributed by atoms with Gasteiger partial charge in [-0.15, -0.1) is 0 Å². The van der Waals surface area contributed by atoms with E-state index in [1.165, 1.54) is 29.7 Å². The third kappa shape index (κ3) is 2.87. The Balaban J connectivity index is 1.75. The fourth-order valence-corrected chi connectivity index (χ4v) is 3.91. The van der Waals surface area contributed by atoms with Gasteiger partial charge < -0.3 is 14.8 Å². The van der Waals surface area contributed by atoms with E-state index in [0.29, 0.717) is 31.3 Å². The van der Waals surface area contributed by atoms with Crippen LogP contribution in [-0.2, 0) is 4.74 Å². The molecule has 0 amide bonds. The van der Waals surface area contributed by atoms with Crippen molar-refractivity contribution in [1.29, 1.82) is 0 Å². The van der Waals surface area contributed by atoms with Gasteiger partial charge in [-0.25, -0.2) is 0 Å². The van der Waals surface area contributed by atoms with Crippen LogP contribution in [0, 0.1) is 13.8 Å². The summed E-state index contributed by atoms with van der Waals surface area (Å²) < 4.78 is 10.9. The lowest BCUT2D eigenvalue weighted by molar-refractivity contribution is 0.145. The molecule has 1 aromatic rings. The number of hydrogen-bond donors (Lipinski definition) is 1. The fourth-order valence-electron chi connectivity index (χ4n) is 3.91. The Hall–Kier alpha value is -1.10. The van der Waals surface area contributed by atoms with E-state index in [0.717, 1.165) is 12.3 Å². The molecule has 0 aromatic heterocycles. The molecule has 122 valence electrons. The summed E-state index contributed by atoms with van der Waals surface area (Å²) in [5.41, 5.74) is 4.05. The number of nitrogens with zero attached hydrogens (tertiary/aromatic N) is 1. The lowest BCUT2D eigenvalue weighted by atomic mass is 9.96. The Morgan fingerprint density at radius 2 is 2.09 bits per heavy atom. The number of nitrogens with one attached hydrogen (secondary N) is 1. The van der Waals surface area contributed by atoms with Gasteiger partial charge >= 0.3 is 0 Å². The number of hydrogen-bond acceptors (Lipinski definition) is 4. The minimum atomic E-state index is 0.476. The second-order valence-corrected chi connectivity index (χ2v) is 6.61. The summed E-state index contributed by atoms with van der Waals surface area (Å²) in [5, 5.41) is 3.58. The second kappa shape index (κ2) is 6.57. The number of rotatable bonds is 6. The highest BCUT2D eigenvalue weighted by Gasteiger charge is 2.40. The first-order chi connectivity index (χ1) is 10.6. The molecule has 2 unspecified atom stereocenters. The number of fused-ring (bicyclic) bond motifs is 2. The zero-order chi connectivity index (χ0) is 15.7. The molecule has 0 spiro atoms. The first-order valence-corrected chi connectivity index (χ1v) is 8.32. The van der Waals surface area contributed by atoms with Gasteiger partial charge in [0.1, 0.15) is 12.4 Å². The molecule has 2 heterocycles. The number of methoxy groups -OCH3 is 1. The minimum Gasteiger partial charge on any atom is -0.491 e. The summed E-state index contributed by atoms with van der Waals surface area (Å²) >= 11 is 0. The highest BCUT2D eigenvalue weighted by molar-refractivity contribution is 5.45. The van der Waals surface area contributed by atoms with Gasteiger partial charge in [-0.2, -0.15) is 0 Å². The highest BCUT2D eigenvalue weighted by atomic mass is 16.5. The largest absolute Gasteiger partial charge is 0.491 e. The van der Waals surface area contributed by atoms with Gasteiger partial charge in [0.15, 0.2) is 0 Å². The Morgan fingerprint density at radius 3 is 2.73 bits per heavy atom. The Bertz CT molecular complexity index is 532. The maximum absolute atomic E-state index is 5.82. The molecule has 1 N–H and O–H groups in total. The molecule has 3 rings (SSSR count). The molecule has 2 saturated heterocycles. The molecular weight excluding hydrogens is 276 g/mol. The van der Waals surface area contributed by atoms with Gasteiger partial charge in [-0.05, 0) is 49.9 Å². The number of ether oxygens (including phenoxy) is 2. The third-order valence-corrected chi connectivity index (χ3v) is 5.37. The molecule has 2 aliphatic heterocycles. The van der Waals surface area contributed by atoms with Gasteiger partial charge in [0, 0.05) is 38.3 Å². The van der Waals surface area contributed by atoms with Crippen molar-refractivity contribution in [3.63, 3.8) is 0 Å². The zero-order valence-corrected chi connectivity index (χ0v) is 14.2. The van der Waals surface area contributed by atoms with Gasteiger partial charge in [-0.3, -0.25) is 4.90 Å². The number of piperazine rings is 1. The molecule has 0 aliphatic carbocycles. The van der Waals surface area contributed by atoms with Crippen LogP contribution in [0.1, 0.15) is 36.1 Å². The van der Waals surface area contributed by atoms with Crippen molar-refractivity contribution in [1.82, 2.24) is 10.2 Å². The molecule has 2 aliphatic rings. The summed E-state index contributed by atoms with van der Waals surface area (Å²) in [5.74, 6) is 0.982. The summed E-state index contributed by atoms with van der Waals surface area (Å²) in [4.78, 5) is 2.66. The van der Waals surface area contributed by atoms with Crippen LogP contribution < -0.4 is 10.1 Å². The van der Waals surface area contributed by atoms with Gasteiger partial charge in [0.2, 0.25) is 0 Å². The molecule has 2 bridgehead atoms. The van der Waals surface area contributed by atoms with Crippen molar-refractivity contribution in [2.24, 2.45) is 0 Å². The predicted molar refractivity (Wildman–Crippen MR) is 88.6 cm³/mol. The smallest absolute Gasteiger partial charge is 0.122 e. The quantitative estimate of drug-likeness (QED) is 0.819. The fraction of sp³-hybridized carbons (Fsp3) is 0.667. The molecule has 0 saturated carbocycles. The van der Waals surface area contributed by atoms with Crippen molar-refractivity contribution >= 4 is 0 Å². The Kier molecular flexibility index (Phi) is 4.71. The molecule has 2 fully saturated rings. The minimum absolute atomic E-state index is 0.476. The van der Waals surface area contributed by atoms with Crippen LogP contribution in [0.15, 0.2) is 12.1 Å². The molecule has 4 heteroatoms. The molecule has 1 aromatic carbocycles. The van der Waals surface area contributed by atoms with Crippen molar-refractivity contribution in [3.05, 3.63) is 28.8 Å². The molecule has 3 atom stereocenters. The van der Waals surface area contributed by atoms with Crippen LogP contribution in [0.5, 0.6) is 5.75 Å². The van der Waals surface area contributed by atoms with Crippen LogP contribution in [0.2, 0.25) is 0 Å². The average molecular weight is 304 g/mol. The maximum Gasteiger partial charge on any atom is 0.122 e. The van der Waals surface area contributed by atoms with Crippen molar-refractivity contribution in [2.75, 3.05) is 33.4 Å². The van der Waals surface area contributed by atoms with E-state index in [1.807, 2.05) is 0 Å². The standard InChI is InChI=1S/C18H28N2O2/c1-12-13(2)18(22-8-7-21-4)6-5-17(12)14(3)20-11-15-9-16(20)10-19-15/h5-6,14-16,19H,7-11H2,1-4H3/t14-,15?,16?/m0/s1. The van der Waals surface area contributed by atoms with Crippen LogP contribution >= 0.6 is 0 Å². The first kappa shape index (κ1) is 15.8. The van der Waals surface area contributed by atoms with Crippen molar-refractivity contribution in [3.8, 4) is 5.75 Å².